The van der Waals surface area contributed by atoms with E-state index in [1.165, 1.54) is 48.3 Å². The number of nitriles is 1. The lowest BCUT2D eigenvalue weighted by molar-refractivity contribution is 0.0988. The highest BCUT2D eigenvalue weighted by atomic mass is 32.2. The van der Waals surface area contributed by atoms with Crippen LogP contribution >= 0.6 is 11.8 Å². The van der Waals surface area contributed by atoms with E-state index < -0.39 is 18.0 Å². The molecule has 2 heterocycles. The number of Topliss-reactive ketones (excluding diaryl/α,β-unsaturated/α-hetero) is 1. The van der Waals surface area contributed by atoms with Crippen LogP contribution in [-0.4, -0.2) is 27.9 Å². The Bertz CT molecular complexity index is 1020. The van der Waals surface area contributed by atoms with Gasteiger partial charge >= 0.3 is 0 Å². The van der Waals surface area contributed by atoms with Gasteiger partial charge in [-0.2, -0.15) is 5.26 Å². The molecule has 28 heavy (non-hydrogen) atoms. The zero-order valence-electron chi connectivity index (χ0n) is 14.7. The molecular weight excluding hydrogens is 382 g/mol. The second-order valence-electron chi connectivity index (χ2n) is 6.96. The molecule has 0 unspecified atom stereocenters. The fraction of sp³-hybridized carbons (Fsp3) is 0.300. The minimum atomic E-state index is -1.32. The summed E-state index contributed by atoms with van der Waals surface area (Å²) >= 11 is 1.40. The topological polar surface area (TPSA) is 92.1 Å². The Balaban J connectivity index is 1.65. The number of hydrogen-bond acceptors (Lipinski definition) is 6. The van der Waals surface area contributed by atoms with Gasteiger partial charge in [0.05, 0.1) is 5.56 Å². The molecule has 0 radical (unpaired) electrons. The highest BCUT2D eigenvalue weighted by Gasteiger charge is 2.58. The molecule has 1 aromatic heterocycles. The maximum atomic E-state index is 14.6. The quantitative estimate of drug-likeness (QED) is 0.781. The Labute approximate surface area is 164 Å². The summed E-state index contributed by atoms with van der Waals surface area (Å²) in [4.78, 5) is 20.8. The summed E-state index contributed by atoms with van der Waals surface area (Å²) in [6, 6.07) is 9.19. The standard InChI is InChI=1S/C20H16F2N4OS/c21-10-20(14-7-18(14)28-19(24)26-20)13-5-11(1-3-15(13)22)6-17(27)16-4-2-12(8-23)9-25-16/h1-5,9,14,18H,6-7,10H2,(H2,24,26)/t14-,18+,20-/m1/s1. The summed E-state index contributed by atoms with van der Waals surface area (Å²) in [6.07, 6.45) is 2.04. The van der Waals surface area contributed by atoms with E-state index in [1.807, 2.05) is 6.07 Å². The van der Waals surface area contributed by atoms with Crippen molar-refractivity contribution in [2.45, 2.75) is 23.6 Å². The van der Waals surface area contributed by atoms with E-state index in [-0.39, 0.29) is 39.8 Å². The molecule has 4 rings (SSSR count). The third-order valence-electron chi connectivity index (χ3n) is 5.17. The number of aliphatic imine (C=N–C) groups is 1. The minimum absolute atomic E-state index is 0.0173. The number of ketones is 1. The molecule has 2 aromatic rings. The summed E-state index contributed by atoms with van der Waals surface area (Å²) in [6.45, 7) is -0.846. The number of halogens is 2. The summed E-state index contributed by atoms with van der Waals surface area (Å²) in [7, 11) is 0. The zero-order valence-corrected chi connectivity index (χ0v) is 15.5. The van der Waals surface area contributed by atoms with Gasteiger partial charge in [0, 0.05) is 29.3 Å². The fourth-order valence-corrected chi connectivity index (χ4v) is 4.86. The number of thioether (sulfide) groups is 1. The fourth-order valence-electron chi connectivity index (χ4n) is 3.64. The average Bonchev–Trinajstić information content (AvgIpc) is 3.48. The van der Waals surface area contributed by atoms with Gasteiger partial charge in [-0.25, -0.2) is 13.8 Å². The monoisotopic (exact) mass is 398 g/mol. The number of alkyl halides is 1. The smallest absolute Gasteiger partial charge is 0.185 e. The molecule has 0 spiro atoms. The predicted molar refractivity (Wildman–Crippen MR) is 102 cm³/mol. The van der Waals surface area contributed by atoms with Crippen LogP contribution in [0.15, 0.2) is 41.5 Å². The number of aromatic nitrogens is 1. The highest BCUT2D eigenvalue weighted by molar-refractivity contribution is 8.14. The first kappa shape index (κ1) is 18.6. The van der Waals surface area contributed by atoms with Crippen molar-refractivity contribution in [3.05, 3.63) is 64.7 Å². The van der Waals surface area contributed by atoms with E-state index >= 15 is 0 Å². The molecule has 2 aliphatic rings. The van der Waals surface area contributed by atoms with Crippen molar-refractivity contribution < 1.29 is 13.6 Å². The van der Waals surface area contributed by atoms with E-state index in [1.54, 1.807) is 0 Å². The molecule has 5 nitrogen and oxygen atoms in total. The highest BCUT2D eigenvalue weighted by Crippen LogP contribution is 2.58. The van der Waals surface area contributed by atoms with Crippen LogP contribution in [0.2, 0.25) is 0 Å². The van der Waals surface area contributed by atoms with Gasteiger partial charge in [0.1, 0.15) is 29.8 Å². The van der Waals surface area contributed by atoms with Crippen molar-refractivity contribution in [3.63, 3.8) is 0 Å². The van der Waals surface area contributed by atoms with Crippen LogP contribution in [0.5, 0.6) is 0 Å². The molecule has 2 N–H and O–H groups in total. The Morgan fingerprint density at radius 3 is 2.89 bits per heavy atom. The summed E-state index contributed by atoms with van der Waals surface area (Å²) in [5, 5.41) is 9.23. The van der Waals surface area contributed by atoms with Gasteiger partial charge in [0.25, 0.3) is 0 Å². The summed E-state index contributed by atoms with van der Waals surface area (Å²) in [5.41, 5.74) is 5.78. The van der Waals surface area contributed by atoms with Gasteiger partial charge in [0.15, 0.2) is 11.0 Å². The lowest BCUT2D eigenvalue weighted by atomic mass is 9.84. The van der Waals surface area contributed by atoms with Crippen molar-refractivity contribution in [2.75, 3.05) is 6.67 Å². The molecule has 1 aromatic carbocycles. The van der Waals surface area contributed by atoms with Crippen LogP contribution in [0.25, 0.3) is 0 Å². The Kier molecular flexibility index (Phi) is 4.63. The molecule has 0 bridgehead atoms. The maximum Gasteiger partial charge on any atom is 0.185 e. The first-order valence-electron chi connectivity index (χ1n) is 8.73. The third kappa shape index (κ3) is 3.16. The first-order valence-corrected chi connectivity index (χ1v) is 9.61. The van der Waals surface area contributed by atoms with Crippen LogP contribution in [0, 0.1) is 23.1 Å². The van der Waals surface area contributed by atoms with E-state index in [2.05, 4.69) is 9.98 Å². The number of nitrogens with zero attached hydrogens (tertiary/aromatic N) is 3. The summed E-state index contributed by atoms with van der Waals surface area (Å²) < 4.78 is 28.8. The van der Waals surface area contributed by atoms with Crippen LogP contribution in [0.1, 0.15) is 33.6 Å². The SMILES string of the molecule is N#Cc1ccc(C(=O)Cc2ccc(F)c([C@@]3(CF)N=C(N)S[C@H]4C[C@H]43)c2)nc1. The van der Waals surface area contributed by atoms with Crippen molar-refractivity contribution >= 4 is 22.7 Å². The number of rotatable bonds is 5. The van der Waals surface area contributed by atoms with Gasteiger partial charge in [-0.05, 0) is 36.2 Å². The second kappa shape index (κ2) is 6.99. The Morgan fingerprint density at radius 1 is 1.39 bits per heavy atom. The van der Waals surface area contributed by atoms with Crippen LogP contribution in [0.3, 0.4) is 0 Å². The summed E-state index contributed by atoms with van der Waals surface area (Å²) in [5.74, 6) is -0.933. The molecule has 8 heteroatoms. The molecule has 1 fully saturated rings. The zero-order chi connectivity index (χ0) is 19.9. The number of benzene rings is 1. The largest absolute Gasteiger partial charge is 0.379 e. The lowest BCUT2D eigenvalue weighted by Gasteiger charge is -2.31. The molecule has 0 amide bonds. The van der Waals surface area contributed by atoms with E-state index in [9.17, 15) is 13.6 Å². The molecule has 0 saturated heterocycles. The molecule has 3 atom stereocenters. The van der Waals surface area contributed by atoms with Gasteiger partial charge in [-0.3, -0.25) is 9.78 Å². The van der Waals surface area contributed by atoms with E-state index in [4.69, 9.17) is 11.0 Å². The van der Waals surface area contributed by atoms with E-state index in [0.717, 1.165) is 6.42 Å². The average molecular weight is 398 g/mol. The normalized spacial score (nSPS) is 25.4. The Morgan fingerprint density at radius 2 is 2.21 bits per heavy atom. The first-order chi connectivity index (χ1) is 13.5. The lowest BCUT2D eigenvalue weighted by Crippen LogP contribution is -2.36. The predicted octanol–water partition coefficient (Wildman–Crippen LogP) is 3.13. The van der Waals surface area contributed by atoms with Crippen molar-refractivity contribution in [2.24, 2.45) is 16.6 Å². The third-order valence-corrected chi connectivity index (χ3v) is 6.33. The van der Waals surface area contributed by atoms with Gasteiger partial charge < -0.3 is 5.73 Å². The number of carbonyl (C=O) groups is 1. The van der Waals surface area contributed by atoms with Crippen molar-refractivity contribution in [1.82, 2.24) is 4.98 Å². The van der Waals surface area contributed by atoms with E-state index in [0.29, 0.717) is 11.1 Å². The van der Waals surface area contributed by atoms with Gasteiger partial charge in [0.2, 0.25) is 0 Å². The van der Waals surface area contributed by atoms with Gasteiger partial charge in [-0.1, -0.05) is 17.8 Å². The van der Waals surface area contributed by atoms with Gasteiger partial charge in [-0.15, -0.1) is 0 Å². The van der Waals surface area contributed by atoms with Crippen LogP contribution < -0.4 is 5.73 Å². The molecule has 1 aliphatic heterocycles. The number of hydrogen-bond donors (Lipinski definition) is 1. The van der Waals surface area contributed by atoms with Crippen molar-refractivity contribution in [3.8, 4) is 6.07 Å². The minimum Gasteiger partial charge on any atom is -0.379 e. The second-order valence-corrected chi connectivity index (χ2v) is 8.22. The molecule has 1 saturated carbocycles. The number of fused-ring (bicyclic) bond motifs is 1. The number of amidine groups is 1. The molecular formula is C20H16F2N4OS. The van der Waals surface area contributed by atoms with Crippen LogP contribution in [-0.2, 0) is 12.0 Å². The number of pyridine rings is 1. The molecule has 142 valence electrons. The van der Waals surface area contributed by atoms with Crippen LogP contribution in [0.4, 0.5) is 8.78 Å². The Hall–Kier alpha value is -2.79. The number of carbonyl (C=O) groups excluding carboxylic acids is 1. The molecule has 1 aliphatic carbocycles. The van der Waals surface area contributed by atoms with Crippen molar-refractivity contribution in [1.29, 1.82) is 5.26 Å². The number of nitrogens with two attached hydrogens (primary N) is 1. The maximum absolute atomic E-state index is 14.6.